The van der Waals surface area contributed by atoms with Crippen LogP contribution in [0.5, 0.6) is 0 Å². The zero-order valence-electron chi connectivity index (χ0n) is 6.21. The maximum absolute atomic E-state index is 4.93. The molecule has 0 aromatic carbocycles. The minimum Gasteiger partial charge on any atom is -0.354 e. The van der Waals surface area contributed by atoms with Gasteiger partial charge in [-0.25, -0.2) is 5.06 Å². The van der Waals surface area contributed by atoms with Gasteiger partial charge >= 0.3 is 0 Å². The van der Waals surface area contributed by atoms with Crippen molar-refractivity contribution in [2.45, 2.75) is 0 Å². The molecule has 0 aromatic rings. The molecule has 0 aliphatic heterocycles. The van der Waals surface area contributed by atoms with E-state index in [2.05, 4.69) is 0 Å². The van der Waals surface area contributed by atoms with Gasteiger partial charge in [-0.1, -0.05) is 0 Å². The van der Waals surface area contributed by atoms with Crippen molar-refractivity contribution < 1.29 is 4.84 Å². The maximum Gasteiger partial charge on any atom is 0.195 e. The first-order chi connectivity index (χ1) is 4.09. The van der Waals surface area contributed by atoms with Crippen LogP contribution in [0.3, 0.4) is 0 Å². The lowest BCUT2D eigenvalue weighted by molar-refractivity contribution is -0.0474. The second-order valence-electron chi connectivity index (χ2n) is 1.86. The van der Waals surface area contributed by atoms with Crippen LogP contribution >= 0.6 is 12.2 Å². The van der Waals surface area contributed by atoms with Gasteiger partial charge in [-0.2, -0.15) is 0 Å². The van der Waals surface area contributed by atoms with Crippen LogP contribution in [0.1, 0.15) is 0 Å². The molecule has 0 aliphatic rings. The highest BCUT2D eigenvalue weighted by molar-refractivity contribution is 7.80. The summed E-state index contributed by atoms with van der Waals surface area (Å²) in [6.07, 6.45) is 0. The molecule has 0 N–H and O–H groups in total. The first kappa shape index (κ1) is 8.65. The van der Waals surface area contributed by atoms with Crippen molar-refractivity contribution in [3.63, 3.8) is 0 Å². The Morgan fingerprint density at radius 1 is 1.33 bits per heavy atom. The quantitative estimate of drug-likeness (QED) is 0.393. The summed E-state index contributed by atoms with van der Waals surface area (Å²) in [6.45, 7) is 0. The summed E-state index contributed by atoms with van der Waals surface area (Å²) in [5.41, 5.74) is 0. The average molecular weight is 148 g/mol. The number of hydrogen-bond donors (Lipinski definition) is 0. The van der Waals surface area contributed by atoms with Crippen LogP contribution in [0.2, 0.25) is 0 Å². The molecule has 0 aliphatic carbocycles. The Hall–Kier alpha value is -0.350. The van der Waals surface area contributed by atoms with Gasteiger partial charge in [-0.15, -0.1) is 0 Å². The van der Waals surface area contributed by atoms with E-state index in [0.717, 1.165) is 0 Å². The lowest BCUT2D eigenvalue weighted by atomic mass is 10.8. The molecule has 0 heterocycles. The molecule has 0 amide bonds. The van der Waals surface area contributed by atoms with E-state index in [1.54, 1.807) is 19.1 Å². The minimum atomic E-state index is 0.664. The monoisotopic (exact) mass is 148 g/mol. The smallest absolute Gasteiger partial charge is 0.195 e. The molecule has 0 bridgehead atoms. The SMILES string of the molecule is CON(C)C(=S)N(C)C. The molecule has 4 heteroatoms. The first-order valence-electron chi connectivity index (χ1n) is 2.58. The van der Waals surface area contributed by atoms with Gasteiger partial charge in [0.1, 0.15) is 0 Å². The zero-order valence-corrected chi connectivity index (χ0v) is 7.03. The van der Waals surface area contributed by atoms with Crippen molar-refractivity contribution in [1.82, 2.24) is 9.96 Å². The Morgan fingerprint density at radius 2 is 1.78 bits per heavy atom. The molecule has 0 spiro atoms. The normalized spacial score (nSPS) is 8.89. The Morgan fingerprint density at radius 3 is 1.89 bits per heavy atom. The molecule has 0 atom stereocenters. The van der Waals surface area contributed by atoms with E-state index >= 15 is 0 Å². The fourth-order valence-electron chi connectivity index (χ4n) is 0.360. The van der Waals surface area contributed by atoms with E-state index in [4.69, 9.17) is 17.1 Å². The summed E-state index contributed by atoms with van der Waals surface area (Å²) in [4.78, 5) is 6.63. The van der Waals surface area contributed by atoms with Crippen LogP contribution in [0.15, 0.2) is 0 Å². The molecule has 0 aromatic heterocycles. The number of nitrogens with zero attached hydrogens (tertiary/aromatic N) is 2. The predicted octanol–water partition coefficient (Wildman–Crippen LogP) is 0.326. The summed E-state index contributed by atoms with van der Waals surface area (Å²) < 4.78 is 0. The van der Waals surface area contributed by atoms with Gasteiger partial charge in [0.25, 0.3) is 0 Å². The summed E-state index contributed by atoms with van der Waals surface area (Å²) >= 11 is 4.93. The molecule has 0 rings (SSSR count). The molecule has 0 saturated carbocycles. The van der Waals surface area contributed by atoms with E-state index in [1.165, 1.54) is 5.06 Å². The summed E-state index contributed by atoms with van der Waals surface area (Å²) in [7, 11) is 7.09. The van der Waals surface area contributed by atoms with E-state index < -0.39 is 0 Å². The molecule has 9 heavy (non-hydrogen) atoms. The van der Waals surface area contributed by atoms with Gasteiger partial charge in [0, 0.05) is 21.1 Å². The van der Waals surface area contributed by atoms with Crippen molar-refractivity contribution in [1.29, 1.82) is 0 Å². The van der Waals surface area contributed by atoms with Crippen LogP contribution in [0, 0.1) is 0 Å². The highest BCUT2D eigenvalue weighted by Crippen LogP contribution is 1.89. The molecule has 0 radical (unpaired) electrons. The van der Waals surface area contributed by atoms with Gasteiger partial charge in [-0.05, 0) is 12.2 Å². The molecule has 0 fully saturated rings. The fraction of sp³-hybridized carbons (Fsp3) is 0.800. The van der Waals surface area contributed by atoms with Crippen molar-refractivity contribution in [2.24, 2.45) is 0 Å². The van der Waals surface area contributed by atoms with Crippen molar-refractivity contribution in [3.8, 4) is 0 Å². The highest BCUT2D eigenvalue weighted by atomic mass is 32.1. The molecule has 0 unspecified atom stereocenters. The van der Waals surface area contributed by atoms with Gasteiger partial charge in [0.15, 0.2) is 5.11 Å². The average Bonchev–Trinajstić information content (AvgIpc) is 1.84. The third kappa shape index (κ3) is 2.62. The molecule has 3 nitrogen and oxygen atoms in total. The molecular formula is C5H12N2OS. The Kier molecular flexibility index (Phi) is 3.49. The largest absolute Gasteiger partial charge is 0.354 e. The van der Waals surface area contributed by atoms with Gasteiger partial charge < -0.3 is 4.90 Å². The van der Waals surface area contributed by atoms with Crippen LogP contribution in [-0.2, 0) is 4.84 Å². The summed E-state index contributed by atoms with van der Waals surface area (Å²) in [5, 5.41) is 2.19. The Labute approximate surface area is 61.1 Å². The second-order valence-corrected chi connectivity index (χ2v) is 2.22. The Balaban J connectivity index is 3.73. The number of rotatable bonds is 1. The molecule has 54 valence electrons. The van der Waals surface area contributed by atoms with E-state index in [0.29, 0.717) is 5.11 Å². The predicted molar refractivity (Wildman–Crippen MR) is 41.1 cm³/mol. The van der Waals surface area contributed by atoms with Gasteiger partial charge in [0.2, 0.25) is 0 Å². The number of hydrogen-bond acceptors (Lipinski definition) is 2. The van der Waals surface area contributed by atoms with E-state index in [1.807, 2.05) is 14.1 Å². The van der Waals surface area contributed by atoms with Gasteiger partial charge in [-0.3, -0.25) is 4.84 Å². The molecular weight excluding hydrogens is 136 g/mol. The lowest BCUT2D eigenvalue weighted by Gasteiger charge is -2.21. The van der Waals surface area contributed by atoms with Crippen LogP contribution < -0.4 is 0 Å². The van der Waals surface area contributed by atoms with Crippen LogP contribution in [0.4, 0.5) is 0 Å². The van der Waals surface area contributed by atoms with Gasteiger partial charge in [0.05, 0.1) is 7.11 Å². The summed E-state index contributed by atoms with van der Waals surface area (Å²) in [6, 6.07) is 0. The topological polar surface area (TPSA) is 15.7 Å². The molecule has 0 saturated heterocycles. The zero-order chi connectivity index (χ0) is 7.44. The standard InChI is InChI=1S/C5H12N2OS/c1-6(2)5(9)7(3)8-4/h1-4H3. The third-order valence-electron chi connectivity index (χ3n) is 0.926. The number of hydroxylamine groups is 2. The maximum atomic E-state index is 4.93. The lowest BCUT2D eigenvalue weighted by Crippen LogP contribution is -2.35. The number of thiocarbonyl (C=S) groups is 1. The van der Waals surface area contributed by atoms with Crippen molar-refractivity contribution in [3.05, 3.63) is 0 Å². The van der Waals surface area contributed by atoms with Crippen molar-refractivity contribution in [2.75, 3.05) is 28.3 Å². The summed E-state index contributed by atoms with van der Waals surface area (Å²) in [5.74, 6) is 0. The second kappa shape index (κ2) is 3.63. The van der Waals surface area contributed by atoms with Crippen LogP contribution in [0.25, 0.3) is 0 Å². The fourth-order valence-corrected chi connectivity index (χ4v) is 0.434. The first-order valence-corrected chi connectivity index (χ1v) is 2.99. The highest BCUT2D eigenvalue weighted by Gasteiger charge is 2.02. The van der Waals surface area contributed by atoms with Crippen LogP contribution in [-0.4, -0.2) is 43.3 Å². The van der Waals surface area contributed by atoms with Crippen molar-refractivity contribution >= 4 is 17.3 Å². The third-order valence-corrected chi connectivity index (χ3v) is 1.55. The van der Waals surface area contributed by atoms with E-state index in [9.17, 15) is 0 Å². The minimum absolute atomic E-state index is 0.664. The van der Waals surface area contributed by atoms with E-state index in [-0.39, 0.29) is 0 Å². The Bertz CT molecular complexity index is 105.